The van der Waals surface area contributed by atoms with Gasteiger partial charge in [0.25, 0.3) is 5.91 Å². The molecule has 0 fully saturated rings. The third-order valence-electron chi connectivity index (χ3n) is 3.91. The lowest BCUT2D eigenvalue weighted by molar-refractivity contribution is -0.125. The number of carbonyl (C=O) groups is 2. The Morgan fingerprint density at radius 2 is 1.74 bits per heavy atom. The fraction of sp³-hybridized carbons (Fsp3) is 0.150. The molecule has 3 rings (SSSR count). The van der Waals surface area contributed by atoms with Crippen LogP contribution in [0.1, 0.15) is 33.5 Å². The van der Waals surface area contributed by atoms with E-state index in [0.717, 1.165) is 0 Å². The first-order chi connectivity index (χ1) is 13.0. The summed E-state index contributed by atoms with van der Waals surface area (Å²) in [5.74, 6) is -1.39. The third kappa shape index (κ3) is 4.20. The highest BCUT2D eigenvalue weighted by Gasteiger charge is 2.28. The van der Waals surface area contributed by atoms with Gasteiger partial charge in [0.15, 0.2) is 0 Å². The average Bonchev–Trinajstić information content (AvgIpc) is 3.00. The van der Waals surface area contributed by atoms with Gasteiger partial charge in [0, 0.05) is 11.3 Å². The van der Waals surface area contributed by atoms with Gasteiger partial charge < -0.3 is 14.6 Å². The van der Waals surface area contributed by atoms with Crippen LogP contribution in [0.4, 0.5) is 10.1 Å². The second kappa shape index (κ2) is 7.82. The van der Waals surface area contributed by atoms with Crippen molar-refractivity contribution in [2.45, 2.75) is 20.0 Å². The Balaban J connectivity index is 1.86. The van der Waals surface area contributed by atoms with Crippen LogP contribution >= 0.6 is 0 Å². The number of hydrogen-bond donors (Lipinski definition) is 1. The first-order valence-electron chi connectivity index (χ1n) is 8.21. The van der Waals surface area contributed by atoms with Crippen LogP contribution in [0.2, 0.25) is 0 Å². The Morgan fingerprint density at radius 1 is 1.07 bits per heavy atom. The van der Waals surface area contributed by atoms with Crippen LogP contribution in [-0.4, -0.2) is 17.0 Å². The summed E-state index contributed by atoms with van der Waals surface area (Å²) in [6.45, 7) is 3.20. The Kier molecular flexibility index (Phi) is 5.30. The number of nitrogens with one attached hydrogen (secondary N) is 1. The minimum Gasteiger partial charge on any atom is -0.444 e. The standard InChI is InChI=1S/C20H17FN2O4/c1-12-17(13(2)27-23-12)20(25)26-18(14-6-4-3-5-7-14)19(24)22-16-10-8-15(21)9-11-16/h3-11,18H,1-2H3,(H,22,24)/t18-/m1/s1. The number of carbonyl (C=O) groups excluding carboxylic acids is 2. The van der Waals surface area contributed by atoms with Crippen LogP contribution in [0.25, 0.3) is 0 Å². The number of anilines is 1. The van der Waals surface area contributed by atoms with E-state index in [1.54, 1.807) is 44.2 Å². The first-order valence-corrected chi connectivity index (χ1v) is 8.21. The molecule has 1 atom stereocenters. The number of benzene rings is 2. The molecule has 0 aliphatic heterocycles. The molecule has 1 aromatic heterocycles. The van der Waals surface area contributed by atoms with Crippen LogP contribution in [-0.2, 0) is 9.53 Å². The van der Waals surface area contributed by atoms with Gasteiger partial charge in [0.05, 0.1) is 5.69 Å². The number of nitrogens with zero attached hydrogens (tertiary/aromatic N) is 1. The average molecular weight is 368 g/mol. The van der Waals surface area contributed by atoms with Crippen molar-refractivity contribution >= 4 is 17.6 Å². The Labute approximate surface area is 154 Å². The van der Waals surface area contributed by atoms with Crippen molar-refractivity contribution in [1.29, 1.82) is 0 Å². The molecule has 0 saturated carbocycles. The van der Waals surface area contributed by atoms with Gasteiger partial charge in [0.1, 0.15) is 17.1 Å². The highest BCUT2D eigenvalue weighted by Crippen LogP contribution is 2.23. The van der Waals surface area contributed by atoms with Gasteiger partial charge in [-0.3, -0.25) is 4.79 Å². The second-order valence-corrected chi connectivity index (χ2v) is 5.89. The van der Waals surface area contributed by atoms with Crippen LogP contribution in [0.5, 0.6) is 0 Å². The van der Waals surface area contributed by atoms with E-state index in [0.29, 0.717) is 22.7 Å². The highest BCUT2D eigenvalue weighted by atomic mass is 19.1. The molecule has 7 heteroatoms. The fourth-order valence-electron chi connectivity index (χ4n) is 2.58. The van der Waals surface area contributed by atoms with Crippen molar-refractivity contribution in [2.75, 3.05) is 5.32 Å². The number of halogens is 1. The molecular formula is C20H17FN2O4. The predicted octanol–water partition coefficient (Wildman–Crippen LogP) is 3.97. The summed E-state index contributed by atoms with van der Waals surface area (Å²) in [5.41, 5.74) is 1.45. The molecule has 0 saturated heterocycles. The summed E-state index contributed by atoms with van der Waals surface area (Å²) in [4.78, 5) is 25.3. The Morgan fingerprint density at radius 3 is 2.33 bits per heavy atom. The Hall–Kier alpha value is -3.48. The van der Waals surface area contributed by atoms with Gasteiger partial charge >= 0.3 is 5.97 Å². The smallest absolute Gasteiger partial charge is 0.344 e. The number of amides is 1. The maximum Gasteiger partial charge on any atom is 0.344 e. The summed E-state index contributed by atoms with van der Waals surface area (Å²) in [7, 11) is 0. The molecule has 0 spiro atoms. The summed E-state index contributed by atoms with van der Waals surface area (Å²) in [5, 5.41) is 6.35. The molecular weight excluding hydrogens is 351 g/mol. The van der Waals surface area contributed by atoms with Gasteiger partial charge in [-0.1, -0.05) is 35.5 Å². The van der Waals surface area contributed by atoms with E-state index >= 15 is 0 Å². The van der Waals surface area contributed by atoms with Crippen molar-refractivity contribution in [1.82, 2.24) is 5.16 Å². The van der Waals surface area contributed by atoms with Gasteiger partial charge in [0.2, 0.25) is 6.10 Å². The molecule has 1 amide bonds. The van der Waals surface area contributed by atoms with Crippen molar-refractivity contribution in [2.24, 2.45) is 0 Å². The van der Waals surface area contributed by atoms with Gasteiger partial charge in [-0.05, 0) is 38.1 Å². The summed E-state index contributed by atoms with van der Waals surface area (Å²) < 4.78 is 23.5. The normalized spacial score (nSPS) is 11.7. The van der Waals surface area contributed by atoms with E-state index in [-0.39, 0.29) is 5.56 Å². The van der Waals surface area contributed by atoms with Crippen molar-refractivity contribution in [3.8, 4) is 0 Å². The molecule has 138 valence electrons. The molecule has 0 bridgehead atoms. The molecule has 2 aromatic carbocycles. The quantitative estimate of drug-likeness (QED) is 0.689. The maximum atomic E-state index is 13.1. The predicted molar refractivity (Wildman–Crippen MR) is 95.6 cm³/mol. The molecule has 3 aromatic rings. The number of hydrogen-bond acceptors (Lipinski definition) is 5. The fourth-order valence-corrected chi connectivity index (χ4v) is 2.58. The second-order valence-electron chi connectivity index (χ2n) is 5.89. The minimum atomic E-state index is -1.20. The first kappa shape index (κ1) is 18.3. The van der Waals surface area contributed by atoms with Crippen molar-refractivity contribution in [3.05, 3.63) is 83.0 Å². The van der Waals surface area contributed by atoms with Gasteiger partial charge in [-0.25, -0.2) is 9.18 Å². The summed E-state index contributed by atoms with van der Waals surface area (Å²) in [6, 6.07) is 13.9. The number of rotatable bonds is 5. The van der Waals surface area contributed by atoms with Crippen LogP contribution in [0, 0.1) is 19.7 Å². The van der Waals surface area contributed by atoms with Gasteiger partial charge in [-0.15, -0.1) is 0 Å². The third-order valence-corrected chi connectivity index (χ3v) is 3.91. The van der Waals surface area contributed by atoms with Crippen LogP contribution < -0.4 is 5.32 Å². The van der Waals surface area contributed by atoms with E-state index < -0.39 is 23.8 Å². The lowest BCUT2D eigenvalue weighted by Crippen LogP contribution is -2.26. The number of ether oxygens (including phenoxy) is 1. The molecule has 1 heterocycles. The Bertz CT molecular complexity index is 932. The van der Waals surface area contributed by atoms with Crippen LogP contribution in [0.15, 0.2) is 59.1 Å². The molecule has 0 aliphatic carbocycles. The van der Waals surface area contributed by atoms with Crippen molar-refractivity contribution < 1.29 is 23.2 Å². The molecule has 27 heavy (non-hydrogen) atoms. The highest BCUT2D eigenvalue weighted by molar-refractivity contribution is 5.98. The minimum absolute atomic E-state index is 0.186. The summed E-state index contributed by atoms with van der Waals surface area (Å²) >= 11 is 0. The van der Waals surface area contributed by atoms with E-state index in [1.165, 1.54) is 24.3 Å². The monoisotopic (exact) mass is 368 g/mol. The van der Waals surface area contributed by atoms with Crippen LogP contribution in [0.3, 0.4) is 0 Å². The largest absolute Gasteiger partial charge is 0.444 e. The van der Waals surface area contributed by atoms with Gasteiger partial charge in [-0.2, -0.15) is 0 Å². The number of aromatic nitrogens is 1. The maximum absolute atomic E-state index is 13.1. The topological polar surface area (TPSA) is 81.4 Å². The molecule has 1 N–H and O–H groups in total. The van der Waals surface area contributed by atoms with E-state index in [1.807, 2.05) is 0 Å². The zero-order chi connectivity index (χ0) is 19.4. The lowest BCUT2D eigenvalue weighted by Gasteiger charge is -2.18. The molecule has 6 nitrogen and oxygen atoms in total. The number of aryl methyl sites for hydroxylation is 2. The zero-order valence-corrected chi connectivity index (χ0v) is 14.7. The van der Waals surface area contributed by atoms with Crippen molar-refractivity contribution in [3.63, 3.8) is 0 Å². The molecule has 0 radical (unpaired) electrons. The van der Waals surface area contributed by atoms with E-state index in [4.69, 9.17) is 9.26 Å². The zero-order valence-electron chi connectivity index (χ0n) is 14.7. The summed E-state index contributed by atoms with van der Waals surface area (Å²) in [6.07, 6.45) is -1.20. The van der Waals surface area contributed by atoms with E-state index in [2.05, 4.69) is 10.5 Å². The number of esters is 1. The molecule has 0 aliphatic rings. The SMILES string of the molecule is Cc1noc(C)c1C(=O)O[C@@H](C(=O)Nc1ccc(F)cc1)c1ccccc1. The van der Waals surface area contributed by atoms with E-state index in [9.17, 15) is 14.0 Å². The lowest BCUT2D eigenvalue weighted by atomic mass is 10.1. The molecule has 0 unspecified atom stereocenters.